The van der Waals surface area contributed by atoms with Crippen LogP contribution < -0.4 is 0 Å². The lowest BCUT2D eigenvalue weighted by molar-refractivity contribution is 0.0812. The SMILES string of the molecule is Clc1cccc(CN2CCC3CCCCC3C2)n1. The molecule has 1 saturated carbocycles. The van der Waals surface area contributed by atoms with Crippen LogP contribution in [-0.2, 0) is 6.54 Å². The van der Waals surface area contributed by atoms with E-state index in [9.17, 15) is 0 Å². The molecule has 2 nitrogen and oxygen atoms in total. The third kappa shape index (κ3) is 2.86. The number of likely N-dealkylation sites (tertiary alicyclic amines) is 1. The minimum Gasteiger partial charge on any atom is -0.297 e. The summed E-state index contributed by atoms with van der Waals surface area (Å²) >= 11 is 5.94. The highest BCUT2D eigenvalue weighted by Gasteiger charge is 2.30. The third-order valence-electron chi connectivity index (χ3n) is 4.53. The molecule has 1 saturated heterocycles. The maximum Gasteiger partial charge on any atom is 0.129 e. The van der Waals surface area contributed by atoms with Crippen molar-refractivity contribution >= 4 is 11.6 Å². The first-order valence-corrected chi connectivity index (χ1v) is 7.53. The third-order valence-corrected chi connectivity index (χ3v) is 4.74. The summed E-state index contributed by atoms with van der Waals surface area (Å²) < 4.78 is 0. The number of nitrogens with zero attached hydrogens (tertiary/aromatic N) is 2. The lowest BCUT2D eigenvalue weighted by Crippen LogP contribution is -2.41. The van der Waals surface area contributed by atoms with Gasteiger partial charge in [0.1, 0.15) is 5.15 Å². The second-order valence-corrected chi connectivity index (χ2v) is 6.17. The molecule has 1 aliphatic carbocycles. The predicted octanol–water partition coefficient (Wildman–Crippen LogP) is 3.75. The van der Waals surface area contributed by atoms with Gasteiger partial charge in [0.05, 0.1) is 5.69 Å². The molecule has 1 aromatic rings. The van der Waals surface area contributed by atoms with Gasteiger partial charge in [0, 0.05) is 13.1 Å². The molecule has 2 aliphatic rings. The van der Waals surface area contributed by atoms with Crippen molar-refractivity contribution in [2.45, 2.75) is 38.6 Å². The number of fused-ring (bicyclic) bond motifs is 1. The van der Waals surface area contributed by atoms with Gasteiger partial charge in [-0.15, -0.1) is 0 Å². The Balaban J connectivity index is 1.61. The fourth-order valence-electron chi connectivity index (χ4n) is 3.59. The number of hydrogen-bond acceptors (Lipinski definition) is 2. The summed E-state index contributed by atoms with van der Waals surface area (Å²) in [5, 5.41) is 0.611. The Labute approximate surface area is 114 Å². The molecule has 2 heterocycles. The fraction of sp³-hybridized carbons (Fsp3) is 0.667. The number of rotatable bonds is 2. The van der Waals surface area contributed by atoms with E-state index in [0.29, 0.717) is 5.15 Å². The molecule has 1 aliphatic heterocycles. The van der Waals surface area contributed by atoms with Gasteiger partial charge < -0.3 is 0 Å². The summed E-state index contributed by atoms with van der Waals surface area (Å²) in [4.78, 5) is 6.96. The van der Waals surface area contributed by atoms with E-state index in [1.54, 1.807) is 0 Å². The van der Waals surface area contributed by atoms with Gasteiger partial charge in [-0.2, -0.15) is 0 Å². The van der Waals surface area contributed by atoms with Gasteiger partial charge in [-0.3, -0.25) is 4.90 Å². The van der Waals surface area contributed by atoms with Gasteiger partial charge in [-0.05, 0) is 43.4 Å². The molecule has 0 amide bonds. The van der Waals surface area contributed by atoms with Crippen molar-refractivity contribution in [3.05, 3.63) is 29.0 Å². The lowest BCUT2D eigenvalue weighted by atomic mass is 9.75. The predicted molar refractivity (Wildman–Crippen MR) is 74.6 cm³/mol. The van der Waals surface area contributed by atoms with Crippen molar-refractivity contribution in [3.63, 3.8) is 0 Å². The Morgan fingerprint density at radius 2 is 2.00 bits per heavy atom. The number of halogens is 1. The zero-order valence-corrected chi connectivity index (χ0v) is 11.6. The van der Waals surface area contributed by atoms with Gasteiger partial charge in [0.2, 0.25) is 0 Å². The van der Waals surface area contributed by atoms with Crippen LogP contribution in [0.25, 0.3) is 0 Å². The molecule has 0 radical (unpaired) electrons. The van der Waals surface area contributed by atoms with Crippen LogP contribution in [0.3, 0.4) is 0 Å². The summed E-state index contributed by atoms with van der Waals surface area (Å²) in [6.07, 6.45) is 7.17. The summed E-state index contributed by atoms with van der Waals surface area (Å²) in [7, 11) is 0. The van der Waals surface area contributed by atoms with Crippen molar-refractivity contribution in [2.75, 3.05) is 13.1 Å². The lowest BCUT2D eigenvalue weighted by Gasteiger charge is -2.41. The van der Waals surface area contributed by atoms with Crippen LogP contribution in [0.2, 0.25) is 5.15 Å². The first kappa shape index (κ1) is 12.4. The number of piperidine rings is 1. The van der Waals surface area contributed by atoms with Crippen molar-refractivity contribution in [3.8, 4) is 0 Å². The molecule has 0 N–H and O–H groups in total. The average Bonchev–Trinajstić information content (AvgIpc) is 2.39. The largest absolute Gasteiger partial charge is 0.297 e. The van der Waals surface area contributed by atoms with Gasteiger partial charge in [0.25, 0.3) is 0 Å². The fourth-order valence-corrected chi connectivity index (χ4v) is 3.77. The Morgan fingerprint density at radius 3 is 2.83 bits per heavy atom. The Morgan fingerprint density at radius 1 is 1.17 bits per heavy atom. The minimum atomic E-state index is 0.611. The molecule has 2 fully saturated rings. The van der Waals surface area contributed by atoms with E-state index in [1.165, 1.54) is 45.2 Å². The van der Waals surface area contributed by atoms with E-state index >= 15 is 0 Å². The number of pyridine rings is 1. The Hall–Kier alpha value is -0.600. The van der Waals surface area contributed by atoms with E-state index in [1.807, 2.05) is 12.1 Å². The van der Waals surface area contributed by atoms with Gasteiger partial charge >= 0.3 is 0 Å². The van der Waals surface area contributed by atoms with Gasteiger partial charge in [0.15, 0.2) is 0 Å². The van der Waals surface area contributed by atoms with Crippen molar-refractivity contribution in [1.82, 2.24) is 9.88 Å². The highest BCUT2D eigenvalue weighted by Crippen LogP contribution is 2.36. The van der Waals surface area contributed by atoms with Crippen LogP contribution in [0, 0.1) is 11.8 Å². The molecule has 1 aromatic heterocycles. The van der Waals surface area contributed by atoms with Crippen LogP contribution in [0.15, 0.2) is 18.2 Å². The summed E-state index contributed by atoms with van der Waals surface area (Å²) in [6.45, 7) is 3.46. The Bertz CT molecular complexity index is 407. The van der Waals surface area contributed by atoms with E-state index in [-0.39, 0.29) is 0 Å². The second-order valence-electron chi connectivity index (χ2n) is 5.78. The van der Waals surface area contributed by atoms with Crippen LogP contribution in [0.5, 0.6) is 0 Å². The van der Waals surface area contributed by atoms with E-state index in [2.05, 4.69) is 16.0 Å². The highest BCUT2D eigenvalue weighted by atomic mass is 35.5. The van der Waals surface area contributed by atoms with E-state index in [0.717, 1.165) is 24.1 Å². The zero-order valence-electron chi connectivity index (χ0n) is 10.8. The van der Waals surface area contributed by atoms with Crippen LogP contribution >= 0.6 is 11.6 Å². The molecule has 0 bridgehead atoms. The maximum atomic E-state index is 5.94. The zero-order chi connectivity index (χ0) is 12.4. The molecule has 2 unspecified atom stereocenters. The molecule has 0 aromatic carbocycles. The molecular weight excluding hydrogens is 244 g/mol. The van der Waals surface area contributed by atoms with Gasteiger partial charge in [-0.25, -0.2) is 4.98 Å². The van der Waals surface area contributed by atoms with Crippen LogP contribution in [0.1, 0.15) is 37.8 Å². The molecule has 0 spiro atoms. The van der Waals surface area contributed by atoms with E-state index in [4.69, 9.17) is 11.6 Å². The average molecular weight is 265 g/mol. The van der Waals surface area contributed by atoms with E-state index < -0.39 is 0 Å². The van der Waals surface area contributed by atoms with Crippen LogP contribution in [-0.4, -0.2) is 23.0 Å². The molecule has 2 atom stereocenters. The van der Waals surface area contributed by atoms with Gasteiger partial charge in [-0.1, -0.05) is 36.9 Å². The van der Waals surface area contributed by atoms with Crippen molar-refractivity contribution < 1.29 is 0 Å². The first-order chi connectivity index (χ1) is 8.81. The normalized spacial score (nSPS) is 28.9. The first-order valence-electron chi connectivity index (χ1n) is 7.15. The number of aromatic nitrogens is 1. The monoisotopic (exact) mass is 264 g/mol. The quantitative estimate of drug-likeness (QED) is 0.757. The molecule has 3 heteroatoms. The smallest absolute Gasteiger partial charge is 0.129 e. The summed E-state index contributed by atoms with van der Waals surface area (Å²) in [5.41, 5.74) is 1.11. The molecule has 98 valence electrons. The number of hydrogen-bond donors (Lipinski definition) is 0. The van der Waals surface area contributed by atoms with Crippen molar-refractivity contribution in [1.29, 1.82) is 0 Å². The minimum absolute atomic E-state index is 0.611. The molecular formula is C15H21ClN2. The summed E-state index contributed by atoms with van der Waals surface area (Å²) in [5.74, 6) is 1.94. The summed E-state index contributed by atoms with van der Waals surface area (Å²) in [6, 6.07) is 5.93. The topological polar surface area (TPSA) is 16.1 Å². The molecule has 18 heavy (non-hydrogen) atoms. The highest BCUT2D eigenvalue weighted by molar-refractivity contribution is 6.29. The maximum absolute atomic E-state index is 5.94. The standard InChI is InChI=1S/C15H21ClN2/c16-15-7-3-6-14(17-15)11-18-9-8-12-4-1-2-5-13(12)10-18/h3,6-7,12-13H,1-2,4-5,8-11H2. The van der Waals surface area contributed by atoms with Crippen molar-refractivity contribution in [2.24, 2.45) is 11.8 Å². The Kier molecular flexibility index (Phi) is 3.86. The molecule has 3 rings (SSSR count). The second kappa shape index (κ2) is 5.58. The van der Waals surface area contributed by atoms with Crippen LogP contribution in [0.4, 0.5) is 0 Å².